The predicted molar refractivity (Wildman–Crippen MR) is 189 cm³/mol. The molecule has 2 saturated carbocycles. The molecule has 0 atom stereocenters. The maximum absolute atomic E-state index is 3.80. The van der Waals surface area contributed by atoms with E-state index in [0.717, 1.165) is 22.3 Å². The Morgan fingerprint density at radius 1 is 0.378 bits per heavy atom. The molecule has 10 radical (unpaired) electrons. The van der Waals surface area contributed by atoms with Crippen molar-refractivity contribution in [2.45, 2.75) is 41.5 Å². The zero-order valence-corrected chi connectivity index (χ0v) is 29.8. The summed E-state index contributed by atoms with van der Waals surface area (Å²) >= 11 is 0. The number of hydrogen-bond donors (Lipinski definition) is 0. The topological polar surface area (TPSA) is 0 Å². The molecule has 2 aliphatic rings. The zero-order chi connectivity index (χ0) is 31.3. The van der Waals surface area contributed by atoms with E-state index < -0.39 is 0 Å². The summed E-state index contributed by atoms with van der Waals surface area (Å²) in [5.41, 5.74) is 14.3. The van der Waals surface area contributed by atoms with Crippen molar-refractivity contribution in [2.24, 2.45) is 0 Å². The molecule has 0 saturated heterocycles. The average Bonchev–Trinajstić information content (AvgIpc) is 3.77. The quantitative estimate of drug-likeness (QED) is 0.113. The maximum atomic E-state index is 3.80. The van der Waals surface area contributed by atoms with Crippen LogP contribution in [0.25, 0.3) is 11.1 Å². The molecule has 0 heterocycles. The van der Waals surface area contributed by atoms with Gasteiger partial charge in [0, 0.05) is 0 Å². The van der Waals surface area contributed by atoms with Crippen molar-refractivity contribution in [3.8, 4) is 0 Å². The van der Waals surface area contributed by atoms with E-state index in [9.17, 15) is 0 Å². The van der Waals surface area contributed by atoms with Gasteiger partial charge in [-0.3, -0.25) is 0 Å². The molecule has 0 nitrogen and oxygen atoms in total. The first-order valence-corrected chi connectivity index (χ1v) is 15.2. The summed E-state index contributed by atoms with van der Waals surface area (Å²) < 4.78 is 0. The van der Waals surface area contributed by atoms with Crippen molar-refractivity contribution in [1.29, 1.82) is 0 Å². The minimum atomic E-state index is 0. The standard InChI is InChI=1S/C34H32.2C5H5.Zr/c1-23-17-25(3)33(26(4)18-23)31(21-29-13-9-7-10-14-29)32(22-30-15-11-8-12-16-30)34-27(5)19-24(2)20-28(34)6;2*1-2-4-5-3-1;/h7-20H,1-6H3;2*1-5H;/q-2;;;+4. The van der Waals surface area contributed by atoms with Gasteiger partial charge in [-0.25, -0.2) is 0 Å². The van der Waals surface area contributed by atoms with E-state index in [1.807, 2.05) is 76.3 Å². The van der Waals surface area contributed by atoms with E-state index in [4.69, 9.17) is 0 Å². The first kappa shape index (κ1) is 36.7. The van der Waals surface area contributed by atoms with Gasteiger partial charge >= 0.3 is 26.2 Å². The third kappa shape index (κ3) is 11.2. The van der Waals surface area contributed by atoms with Crippen molar-refractivity contribution in [3.63, 3.8) is 0 Å². The number of allylic oxidation sites excluding steroid dienone is 2. The molecular formula is C44H42Zr+2. The molecule has 0 aromatic heterocycles. The van der Waals surface area contributed by atoms with Crippen LogP contribution in [0.5, 0.6) is 0 Å². The summed E-state index contributed by atoms with van der Waals surface area (Å²) in [6.07, 6.45) is 27.6. The Bertz CT molecular complexity index is 1350. The molecule has 2 fully saturated rings. The molecule has 0 unspecified atom stereocenters. The van der Waals surface area contributed by atoms with E-state index in [-0.39, 0.29) is 26.2 Å². The van der Waals surface area contributed by atoms with E-state index in [1.54, 1.807) is 0 Å². The molecule has 2 aliphatic carbocycles. The molecule has 4 aromatic rings. The fourth-order valence-electron chi connectivity index (χ4n) is 5.62. The molecule has 0 bridgehead atoms. The van der Waals surface area contributed by atoms with Gasteiger partial charge in [0.05, 0.1) is 0 Å². The van der Waals surface area contributed by atoms with Gasteiger partial charge in [0.2, 0.25) is 0 Å². The van der Waals surface area contributed by atoms with Crippen molar-refractivity contribution >= 4 is 11.1 Å². The summed E-state index contributed by atoms with van der Waals surface area (Å²) in [4.78, 5) is 0. The number of hydrogen-bond acceptors (Lipinski definition) is 0. The van der Waals surface area contributed by atoms with Gasteiger partial charge in [0.15, 0.2) is 0 Å². The molecule has 1 heteroatoms. The van der Waals surface area contributed by atoms with Crippen LogP contribution in [0.2, 0.25) is 0 Å². The van der Waals surface area contributed by atoms with Crippen molar-refractivity contribution < 1.29 is 26.2 Å². The summed E-state index contributed by atoms with van der Waals surface area (Å²) in [7, 11) is 0. The van der Waals surface area contributed by atoms with Gasteiger partial charge in [-0.15, -0.1) is 46.5 Å². The fraction of sp³-hybridized carbons (Fsp3) is 0.136. The molecule has 0 spiro atoms. The van der Waals surface area contributed by atoms with Crippen LogP contribution in [0.4, 0.5) is 0 Å². The molecular weight excluding hydrogens is 620 g/mol. The summed E-state index contributed by atoms with van der Waals surface area (Å²) in [5.74, 6) is 0. The number of benzene rings is 4. The number of rotatable bonds is 5. The normalized spacial score (nSPS) is 14.5. The smallest absolute Gasteiger partial charge is 0.174 e. The zero-order valence-electron chi connectivity index (χ0n) is 27.4. The fourth-order valence-corrected chi connectivity index (χ4v) is 5.62. The van der Waals surface area contributed by atoms with Gasteiger partial charge in [-0.2, -0.15) is 23.3 Å². The summed E-state index contributed by atoms with van der Waals surface area (Å²) in [6.45, 7) is 13.1. The Balaban J connectivity index is 0.000000425. The van der Waals surface area contributed by atoms with E-state index in [1.165, 1.54) is 44.5 Å². The summed E-state index contributed by atoms with van der Waals surface area (Å²) in [5, 5.41) is 0. The third-order valence-corrected chi connectivity index (χ3v) is 7.30. The van der Waals surface area contributed by atoms with Crippen LogP contribution in [0, 0.1) is 118 Å². The Hall–Kier alpha value is -2.76. The van der Waals surface area contributed by atoms with Crippen LogP contribution in [0.1, 0.15) is 55.6 Å². The predicted octanol–water partition coefficient (Wildman–Crippen LogP) is 10.7. The molecule has 6 rings (SSSR count). The molecule has 4 aromatic carbocycles. The Labute approximate surface area is 294 Å². The van der Waals surface area contributed by atoms with Crippen LogP contribution in [0.3, 0.4) is 0 Å². The molecule has 0 amide bonds. The average molecular weight is 662 g/mol. The van der Waals surface area contributed by atoms with E-state index >= 15 is 0 Å². The first-order valence-electron chi connectivity index (χ1n) is 15.2. The van der Waals surface area contributed by atoms with Crippen LogP contribution in [-0.4, -0.2) is 0 Å². The largest absolute Gasteiger partial charge is 4.00 e. The van der Waals surface area contributed by atoms with Gasteiger partial charge in [-0.1, -0.05) is 94.0 Å². The minimum Gasteiger partial charge on any atom is -0.174 e. The van der Waals surface area contributed by atoms with Gasteiger partial charge in [0.1, 0.15) is 0 Å². The minimum absolute atomic E-state index is 0. The SMILES string of the molecule is Cc1cc(C)c(C(=[C-]c2ccccc2)C(=[C-]c2ccccc2)c2c(C)cc(C)cc2C)c(C)c1.[CH]1[CH][CH][CH][CH]1.[CH]1[CH][CH][CH][CH]1.[Zr+4]. The second-order valence-corrected chi connectivity index (χ2v) is 11.2. The van der Waals surface area contributed by atoms with E-state index in [0.29, 0.717) is 0 Å². The van der Waals surface area contributed by atoms with E-state index in [2.05, 4.69) is 126 Å². The van der Waals surface area contributed by atoms with Crippen molar-refractivity contribution in [3.05, 3.63) is 217 Å². The Morgan fingerprint density at radius 2 is 0.622 bits per heavy atom. The van der Waals surface area contributed by atoms with Crippen LogP contribution in [0.15, 0.2) is 84.9 Å². The van der Waals surface area contributed by atoms with Crippen LogP contribution in [-0.2, 0) is 26.2 Å². The summed E-state index contributed by atoms with van der Waals surface area (Å²) in [6, 6.07) is 29.9. The second-order valence-electron chi connectivity index (χ2n) is 11.2. The van der Waals surface area contributed by atoms with Gasteiger partial charge < -0.3 is 0 Å². The third-order valence-electron chi connectivity index (χ3n) is 7.30. The Kier molecular flexibility index (Phi) is 15.5. The molecule has 0 N–H and O–H groups in total. The molecule has 0 aliphatic heterocycles. The van der Waals surface area contributed by atoms with Gasteiger partial charge in [-0.05, 0) is 106 Å². The monoisotopic (exact) mass is 660 g/mol. The molecule has 45 heavy (non-hydrogen) atoms. The van der Waals surface area contributed by atoms with Crippen molar-refractivity contribution in [1.82, 2.24) is 0 Å². The van der Waals surface area contributed by atoms with Crippen LogP contribution < -0.4 is 0 Å². The van der Waals surface area contributed by atoms with Crippen LogP contribution >= 0.6 is 0 Å². The second kappa shape index (κ2) is 19.0. The number of aryl methyl sites for hydroxylation is 6. The maximum Gasteiger partial charge on any atom is 4.00 e. The first-order chi connectivity index (χ1) is 21.3. The molecule has 220 valence electrons. The Morgan fingerprint density at radius 3 is 0.867 bits per heavy atom. The van der Waals surface area contributed by atoms with Crippen molar-refractivity contribution in [2.75, 3.05) is 0 Å². The van der Waals surface area contributed by atoms with Gasteiger partial charge in [0.25, 0.3) is 0 Å².